The van der Waals surface area contributed by atoms with Gasteiger partial charge in [0, 0.05) is 11.1 Å². The van der Waals surface area contributed by atoms with E-state index in [1.807, 2.05) is 25.1 Å². The van der Waals surface area contributed by atoms with Crippen molar-refractivity contribution in [2.75, 3.05) is 6.61 Å². The van der Waals surface area contributed by atoms with Crippen LogP contribution >= 0.6 is 0 Å². The summed E-state index contributed by atoms with van der Waals surface area (Å²) in [7, 11) is 0. The highest BCUT2D eigenvalue weighted by molar-refractivity contribution is 6.10. The van der Waals surface area contributed by atoms with Gasteiger partial charge in [0.2, 0.25) is 0 Å². The van der Waals surface area contributed by atoms with Crippen molar-refractivity contribution >= 4 is 11.8 Å². The zero-order chi connectivity index (χ0) is 18.4. The Labute approximate surface area is 148 Å². The molecule has 130 valence electrons. The van der Waals surface area contributed by atoms with Crippen LogP contribution in [0.15, 0.2) is 60.7 Å². The van der Waals surface area contributed by atoms with Crippen molar-refractivity contribution in [3.63, 3.8) is 0 Å². The second-order valence-corrected chi connectivity index (χ2v) is 5.71. The predicted octanol–water partition coefficient (Wildman–Crippen LogP) is 4.50. The molecule has 0 aromatic heterocycles. The van der Waals surface area contributed by atoms with Crippen LogP contribution in [0.1, 0.15) is 48.4 Å². The molecule has 0 aliphatic carbocycles. The molecule has 0 spiro atoms. The van der Waals surface area contributed by atoms with Gasteiger partial charge in [0.1, 0.15) is 11.9 Å². The number of esters is 1. The summed E-state index contributed by atoms with van der Waals surface area (Å²) in [4.78, 5) is 24.4. The molecule has 0 fully saturated rings. The van der Waals surface area contributed by atoms with Crippen molar-refractivity contribution in [2.24, 2.45) is 0 Å². The van der Waals surface area contributed by atoms with Gasteiger partial charge in [-0.15, -0.1) is 0 Å². The Bertz CT molecular complexity index is 778. The highest BCUT2D eigenvalue weighted by Crippen LogP contribution is 2.28. The molecule has 4 heteroatoms. The van der Waals surface area contributed by atoms with E-state index in [1.54, 1.807) is 44.2 Å². The van der Waals surface area contributed by atoms with Gasteiger partial charge in [0.15, 0.2) is 5.78 Å². The number of carbonyl (C=O) groups is 2. The Hall–Kier alpha value is -2.88. The van der Waals surface area contributed by atoms with Crippen LogP contribution in [-0.2, 0) is 9.53 Å². The first-order valence-electron chi connectivity index (χ1n) is 8.17. The summed E-state index contributed by atoms with van der Waals surface area (Å²) < 4.78 is 11.0. The Morgan fingerprint density at radius 1 is 1.12 bits per heavy atom. The van der Waals surface area contributed by atoms with Gasteiger partial charge in [-0.25, -0.2) is 4.79 Å². The van der Waals surface area contributed by atoms with Crippen LogP contribution in [-0.4, -0.2) is 18.4 Å². The van der Waals surface area contributed by atoms with Crippen molar-refractivity contribution in [1.82, 2.24) is 0 Å². The van der Waals surface area contributed by atoms with Gasteiger partial charge >= 0.3 is 5.97 Å². The third kappa shape index (κ3) is 4.57. The molecule has 2 rings (SSSR count). The Morgan fingerprint density at radius 2 is 1.80 bits per heavy atom. The van der Waals surface area contributed by atoms with E-state index in [4.69, 9.17) is 9.47 Å². The smallest absolute Gasteiger partial charge is 0.333 e. The van der Waals surface area contributed by atoms with Gasteiger partial charge < -0.3 is 9.47 Å². The molecule has 0 aliphatic rings. The molecule has 0 radical (unpaired) electrons. The molecule has 0 saturated carbocycles. The van der Waals surface area contributed by atoms with Gasteiger partial charge in [-0.2, -0.15) is 0 Å². The second-order valence-electron chi connectivity index (χ2n) is 5.71. The van der Waals surface area contributed by atoms with Crippen LogP contribution in [0.5, 0.6) is 5.75 Å². The third-order valence-electron chi connectivity index (χ3n) is 3.69. The summed E-state index contributed by atoms with van der Waals surface area (Å²) in [6.07, 6.45) is -0.468. The van der Waals surface area contributed by atoms with Crippen LogP contribution in [0, 0.1) is 0 Å². The lowest BCUT2D eigenvalue weighted by molar-refractivity contribution is -0.143. The Kier molecular flexibility index (Phi) is 6.12. The average molecular weight is 338 g/mol. The van der Waals surface area contributed by atoms with E-state index in [9.17, 15) is 9.59 Å². The lowest BCUT2D eigenvalue weighted by atomic mass is 9.99. The first-order valence-corrected chi connectivity index (χ1v) is 8.17. The summed E-state index contributed by atoms with van der Waals surface area (Å²) in [5, 5.41) is 0. The maximum Gasteiger partial charge on any atom is 0.333 e. The molecule has 0 N–H and O–H groups in total. The molecule has 2 aromatic rings. The average Bonchev–Trinajstić information content (AvgIpc) is 2.62. The zero-order valence-corrected chi connectivity index (χ0v) is 14.7. The SMILES string of the molecule is C=C(C)C(=O)OC(C)c1ccc(C(=O)c2ccccc2)c(OCC)c1. The van der Waals surface area contributed by atoms with E-state index in [2.05, 4.69) is 6.58 Å². The van der Waals surface area contributed by atoms with E-state index < -0.39 is 12.1 Å². The van der Waals surface area contributed by atoms with E-state index >= 15 is 0 Å². The van der Waals surface area contributed by atoms with Crippen molar-refractivity contribution in [3.8, 4) is 5.75 Å². The normalized spacial score (nSPS) is 11.5. The van der Waals surface area contributed by atoms with Crippen LogP contribution in [0.4, 0.5) is 0 Å². The van der Waals surface area contributed by atoms with E-state index in [0.29, 0.717) is 29.1 Å². The second kappa shape index (κ2) is 8.29. The molecule has 2 aromatic carbocycles. The minimum absolute atomic E-state index is 0.109. The van der Waals surface area contributed by atoms with E-state index in [1.165, 1.54) is 0 Å². The summed E-state index contributed by atoms with van der Waals surface area (Å²) >= 11 is 0. The Balaban J connectivity index is 2.32. The van der Waals surface area contributed by atoms with Crippen molar-refractivity contribution in [3.05, 3.63) is 77.4 Å². The highest BCUT2D eigenvalue weighted by Gasteiger charge is 2.18. The van der Waals surface area contributed by atoms with Crippen LogP contribution < -0.4 is 4.74 Å². The molecule has 0 saturated heterocycles. The van der Waals surface area contributed by atoms with Crippen LogP contribution in [0.3, 0.4) is 0 Å². The fourth-order valence-electron chi connectivity index (χ4n) is 2.33. The molecular formula is C21H22O4. The summed E-state index contributed by atoms with van der Waals surface area (Å²) in [5.74, 6) is -0.0795. The molecule has 0 bridgehead atoms. The lowest BCUT2D eigenvalue weighted by Gasteiger charge is -2.16. The Morgan fingerprint density at radius 3 is 2.40 bits per heavy atom. The molecule has 0 aliphatic heterocycles. The minimum Gasteiger partial charge on any atom is -0.493 e. The molecule has 0 heterocycles. The molecular weight excluding hydrogens is 316 g/mol. The number of hydrogen-bond acceptors (Lipinski definition) is 4. The molecule has 4 nitrogen and oxygen atoms in total. The van der Waals surface area contributed by atoms with Crippen LogP contribution in [0.2, 0.25) is 0 Å². The molecule has 25 heavy (non-hydrogen) atoms. The van der Waals surface area contributed by atoms with Gasteiger partial charge in [0.05, 0.1) is 12.2 Å². The standard InChI is InChI=1S/C21H22O4/c1-5-24-19-13-17(15(4)25-21(23)14(2)3)11-12-18(19)20(22)16-9-7-6-8-10-16/h6-13,15H,2,5H2,1,3-4H3. The minimum atomic E-state index is -0.468. The number of rotatable bonds is 7. The summed E-state index contributed by atoms with van der Waals surface area (Å²) in [5.41, 5.74) is 2.17. The van der Waals surface area contributed by atoms with Crippen molar-refractivity contribution < 1.29 is 19.1 Å². The third-order valence-corrected chi connectivity index (χ3v) is 3.69. The van der Waals surface area contributed by atoms with Gasteiger partial charge in [-0.3, -0.25) is 4.79 Å². The molecule has 1 atom stereocenters. The highest BCUT2D eigenvalue weighted by atomic mass is 16.5. The molecule has 1 unspecified atom stereocenters. The number of carbonyl (C=O) groups excluding carboxylic acids is 2. The van der Waals surface area contributed by atoms with Crippen LogP contribution in [0.25, 0.3) is 0 Å². The summed E-state index contributed by atoms with van der Waals surface area (Å²) in [6.45, 7) is 9.23. The quantitative estimate of drug-likeness (QED) is 0.424. The largest absolute Gasteiger partial charge is 0.493 e. The monoisotopic (exact) mass is 338 g/mol. The van der Waals surface area contributed by atoms with E-state index in [-0.39, 0.29) is 5.78 Å². The number of ketones is 1. The van der Waals surface area contributed by atoms with E-state index in [0.717, 1.165) is 5.56 Å². The predicted molar refractivity (Wildman–Crippen MR) is 96.8 cm³/mol. The molecule has 0 amide bonds. The number of hydrogen-bond donors (Lipinski definition) is 0. The van der Waals surface area contributed by atoms with Crippen molar-refractivity contribution in [2.45, 2.75) is 26.9 Å². The first kappa shape index (κ1) is 18.5. The number of benzene rings is 2. The van der Waals surface area contributed by atoms with Crippen molar-refractivity contribution in [1.29, 1.82) is 0 Å². The number of ether oxygens (including phenoxy) is 2. The topological polar surface area (TPSA) is 52.6 Å². The fraction of sp³-hybridized carbons (Fsp3) is 0.238. The van der Waals surface area contributed by atoms with Gasteiger partial charge in [-0.05, 0) is 38.5 Å². The summed E-state index contributed by atoms with van der Waals surface area (Å²) in [6, 6.07) is 14.3. The maximum atomic E-state index is 12.7. The maximum absolute atomic E-state index is 12.7. The zero-order valence-electron chi connectivity index (χ0n) is 14.7. The van der Waals surface area contributed by atoms with Gasteiger partial charge in [0.25, 0.3) is 0 Å². The fourth-order valence-corrected chi connectivity index (χ4v) is 2.33. The first-order chi connectivity index (χ1) is 11.9. The lowest BCUT2D eigenvalue weighted by Crippen LogP contribution is -2.11. The van der Waals surface area contributed by atoms with Gasteiger partial charge in [-0.1, -0.05) is 43.0 Å².